The van der Waals surface area contributed by atoms with Crippen molar-refractivity contribution in [2.45, 2.75) is 44.9 Å². The van der Waals surface area contributed by atoms with Gasteiger partial charge in [0, 0.05) is 18.7 Å². The zero-order valence-corrected chi connectivity index (χ0v) is 11.5. The molecule has 100 valence electrons. The summed E-state index contributed by atoms with van der Waals surface area (Å²) in [6, 6.07) is 10.3. The first kappa shape index (κ1) is 13.4. The predicted molar refractivity (Wildman–Crippen MR) is 73.9 cm³/mol. The van der Waals surface area contributed by atoms with Crippen molar-refractivity contribution >= 4 is 5.69 Å². The van der Waals surface area contributed by atoms with E-state index in [-0.39, 0.29) is 17.7 Å². The van der Waals surface area contributed by atoms with Crippen LogP contribution in [0.1, 0.15) is 27.2 Å². The third kappa shape index (κ3) is 2.85. The Morgan fingerprint density at radius 3 is 2.56 bits per heavy atom. The van der Waals surface area contributed by atoms with Crippen molar-refractivity contribution in [1.82, 2.24) is 0 Å². The molecule has 2 rings (SSSR count). The number of para-hydroxylation sites is 1. The highest BCUT2D eigenvalue weighted by Gasteiger charge is 2.37. The fourth-order valence-corrected chi connectivity index (χ4v) is 2.65. The second kappa shape index (κ2) is 5.29. The third-order valence-corrected chi connectivity index (χ3v) is 3.62. The topological polar surface area (TPSA) is 32.7 Å². The first-order valence-corrected chi connectivity index (χ1v) is 6.67. The number of likely N-dealkylation sites (N-methyl/N-ethyl adjacent to an activating group) is 1. The van der Waals surface area contributed by atoms with Gasteiger partial charge in [-0.3, -0.25) is 0 Å². The monoisotopic (exact) mass is 249 g/mol. The molecule has 0 aromatic heterocycles. The molecule has 0 aliphatic carbocycles. The van der Waals surface area contributed by atoms with Gasteiger partial charge < -0.3 is 14.7 Å². The van der Waals surface area contributed by atoms with Gasteiger partial charge in [-0.05, 0) is 32.9 Å². The molecule has 0 bridgehead atoms. The molecule has 1 heterocycles. The number of hydrogen-bond acceptors (Lipinski definition) is 3. The van der Waals surface area contributed by atoms with E-state index in [1.165, 1.54) is 0 Å². The second-order valence-corrected chi connectivity index (χ2v) is 5.53. The molecular weight excluding hydrogens is 226 g/mol. The van der Waals surface area contributed by atoms with Gasteiger partial charge in [0.25, 0.3) is 0 Å². The Morgan fingerprint density at radius 2 is 2.00 bits per heavy atom. The lowest BCUT2D eigenvalue weighted by molar-refractivity contribution is -0.108. The largest absolute Gasteiger partial charge is 0.391 e. The Balaban J connectivity index is 2.14. The minimum Gasteiger partial charge on any atom is -0.391 e. The number of anilines is 1. The van der Waals surface area contributed by atoms with Gasteiger partial charge in [0.2, 0.25) is 0 Å². The van der Waals surface area contributed by atoms with Gasteiger partial charge in [0.15, 0.2) is 0 Å². The van der Waals surface area contributed by atoms with Gasteiger partial charge in [-0.15, -0.1) is 0 Å². The van der Waals surface area contributed by atoms with E-state index < -0.39 is 0 Å². The number of nitrogens with zero attached hydrogens (tertiary/aromatic N) is 1. The molecule has 1 aliphatic rings. The molecule has 18 heavy (non-hydrogen) atoms. The summed E-state index contributed by atoms with van der Waals surface area (Å²) in [7, 11) is 0. The maximum Gasteiger partial charge on any atom is 0.0793 e. The molecule has 1 aromatic carbocycles. The van der Waals surface area contributed by atoms with Crippen molar-refractivity contribution in [3.8, 4) is 0 Å². The summed E-state index contributed by atoms with van der Waals surface area (Å²) in [5.74, 6) is 0. The Labute approximate surface area is 109 Å². The number of aliphatic hydroxyl groups excluding tert-OH is 1. The average molecular weight is 249 g/mol. The lowest BCUT2D eigenvalue weighted by Crippen LogP contribution is -2.54. The third-order valence-electron chi connectivity index (χ3n) is 3.62. The molecule has 1 N–H and O–H groups in total. The molecule has 1 aromatic rings. The van der Waals surface area contributed by atoms with Crippen LogP contribution in [0.25, 0.3) is 0 Å². The van der Waals surface area contributed by atoms with Gasteiger partial charge in [0.1, 0.15) is 0 Å². The van der Waals surface area contributed by atoms with Gasteiger partial charge in [0.05, 0.1) is 24.4 Å². The lowest BCUT2D eigenvalue weighted by atomic mass is 9.92. The number of aliphatic hydroxyl groups is 1. The molecule has 0 spiro atoms. The molecule has 0 saturated carbocycles. The zero-order chi connectivity index (χ0) is 13.2. The lowest BCUT2D eigenvalue weighted by Gasteiger charge is -2.44. The van der Waals surface area contributed by atoms with Crippen molar-refractivity contribution in [2.24, 2.45) is 0 Å². The molecular formula is C15H23NO2. The summed E-state index contributed by atoms with van der Waals surface area (Å²) < 4.78 is 5.85. The normalized spacial score (nSPS) is 26.9. The van der Waals surface area contributed by atoms with Crippen LogP contribution < -0.4 is 4.90 Å². The second-order valence-electron chi connectivity index (χ2n) is 5.53. The van der Waals surface area contributed by atoms with E-state index in [2.05, 4.69) is 24.0 Å². The van der Waals surface area contributed by atoms with E-state index in [4.69, 9.17) is 4.74 Å². The van der Waals surface area contributed by atoms with Crippen LogP contribution in [-0.2, 0) is 4.74 Å². The maximum atomic E-state index is 10.3. The van der Waals surface area contributed by atoms with Crippen LogP contribution in [0.2, 0.25) is 0 Å². The zero-order valence-electron chi connectivity index (χ0n) is 11.5. The summed E-state index contributed by atoms with van der Waals surface area (Å²) in [4.78, 5) is 2.22. The summed E-state index contributed by atoms with van der Waals surface area (Å²) in [6.07, 6.45) is 0.343. The van der Waals surface area contributed by atoms with Crippen molar-refractivity contribution in [3.63, 3.8) is 0 Å². The van der Waals surface area contributed by atoms with Crippen LogP contribution in [-0.4, -0.2) is 36.0 Å². The van der Waals surface area contributed by atoms with Crippen LogP contribution in [0.4, 0.5) is 5.69 Å². The Morgan fingerprint density at radius 1 is 1.33 bits per heavy atom. The molecule has 3 nitrogen and oxygen atoms in total. The molecule has 1 saturated heterocycles. The predicted octanol–water partition coefficient (Wildman–Crippen LogP) is 2.44. The van der Waals surface area contributed by atoms with Crippen LogP contribution in [0.5, 0.6) is 0 Å². The van der Waals surface area contributed by atoms with Crippen LogP contribution in [0.3, 0.4) is 0 Å². The van der Waals surface area contributed by atoms with Crippen LogP contribution >= 0.6 is 0 Å². The molecule has 2 atom stereocenters. The summed E-state index contributed by atoms with van der Waals surface area (Å²) in [5.41, 5.74) is 0.929. The van der Waals surface area contributed by atoms with Gasteiger partial charge >= 0.3 is 0 Å². The number of rotatable bonds is 3. The molecule has 1 aliphatic heterocycles. The fraction of sp³-hybridized carbons (Fsp3) is 0.600. The van der Waals surface area contributed by atoms with Crippen LogP contribution in [0, 0.1) is 0 Å². The van der Waals surface area contributed by atoms with Gasteiger partial charge in [-0.2, -0.15) is 0 Å². The van der Waals surface area contributed by atoms with Crippen LogP contribution in [0.15, 0.2) is 30.3 Å². The van der Waals surface area contributed by atoms with Crippen molar-refractivity contribution in [3.05, 3.63) is 30.3 Å². The average Bonchev–Trinajstić information content (AvgIpc) is 2.33. The first-order chi connectivity index (χ1) is 8.53. The SMILES string of the molecule is CCN(c1ccccc1)[C@@H]1COC(C)(C)C[C@H]1O. The van der Waals surface area contributed by atoms with Gasteiger partial charge in [-0.25, -0.2) is 0 Å². The fourth-order valence-electron chi connectivity index (χ4n) is 2.65. The van der Waals surface area contributed by atoms with E-state index in [1.54, 1.807) is 0 Å². The van der Waals surface area contributed by atoms with E-state index >= 15 is 0 Å². The van der Waals surface area contributed by atoms with E-state index in [9.17, 15) is 5.11 Å². The maximum absolute atomic E-state index is 10.3. The number of ether oxygens (including phenoxy) is 1. The Bertz CT molecular complexity index is 377. The first-order valence-electron chi connectivity index (χ1n) is 6.67. The Kier molecular flexibility index (Phi) is 3.93. The van der Waals surface area contributed by atoms with E-state index in [0.29, 0.717) is 13.0 Å². The number of benzene rings is 1. The van der Waals surface area contributed by atoms with Crippen molar-refractivity contribution in [1.29, 1.82) is 0 Å². The van der Waals surface area contributed by atoms with Gasteiger partial charge in [-0.1, -0.05) is 18.2 Å². The molecule has 0 radical (unpaired) electrons. The molecule has 3 heteroatoms. The Hall–Kier alpha value is -1.06. The highest BCUT2D eigenvalue weighted by atomic mass is 16.5. The van der Waals surface area contributed by atoms with E-state index in [0.717, 1.165) is 12.2 Å². The summed E-state index contributed by atoms with van der Waals surface area (Å²) in [5, 5.41) is 10.3. The highest BCUT2D eigenvalue weighted by Crippen LogP contribution is 2.29. The smallest absolute Gasteiger partial charge is 0.0793 e. The quantitative estimate of drug-likeness (QED) is 0.893. The van der Waals surface area contributed by atoms with E-state index in [1.807, 2.05) is 32.0 Å². The summed E-state index contributed by atoms with van der Waals surface area (Å²) in [6.45, 7) is 7.63. The minimum atomic E-state index is -0.339. The number of hydrogen-bond donors (Lipinski definition) is 1. The summed E-state index contributed by atoms with van der Waals surface area (Å²) >= 11 is 0. The molecule has 0 amide bonds. The highest BCUT2D eigenvalue weighted by molar-refractivity contribution is 5.47. The minimum absolute atomic E-state index is 0.0467. The molecule has 0 unspecified atom stereocenters. The molecule has 1 fully saturated rings. The standard InChI is InChI=1S/C15H23NO2/c1-4-16(12-8-6-5-7-9-12)13-11-18-15(2,3)10-14(13)17/h5-9,13-14,17H,4,10-11H2,1-3H3/t13-,14-/m1/s1. The van der Waals surface area contributed by atoms with Crippen molar-refractivity contribution < 1.29 is 9.84 Å². The van der Waals surface area contributed by atoms with Crippen molar-refractivity contribution in [2.75, 3.05) is 18.1 Å².